The SMILES string of the molecule is CCCCCCCCCCSC1=CC(=N)C(=N)C=C1. The molecule has 0 aromatic heterocycles. The topological polar surface area (TPSA) is 47.7 Å². The fourth-order valence-corrected chi connectivity index (χ4v) is 2.99. The molecular weight excluding hydrogens is 252 g/mol. The van der Waals surface area contributed by atoms with Gasteiger partial charge in [0, 0.05) is 4.91 Å². The Balaban J connectivity index is 1.97. The molecule has 0 unspecified atom stereocenters. The second-order valence-corrected chi connectivity index (χ2v) is 6.20. The molecule has 0 spiro atoms. The Bertz CT molecular complexity index is 356. The summed E-state index contributed by atoms with van der Waals surface area (Å²) in [4.78, 5) is 1.13. The van der Waals surface area contributed by atoms with E-state index in [0.717, 1.165) is 10.7 Å². The molecule has 0 fully saturated rings. The van der Waals surface area contributed by atoms with Crippen LogP contribution < -0.4 is 0 Å². The molecule has 0 amide bonds. The van der Waals surface area contributed by atoms with Crippen molar-refractivity contribution in [3.8, 4) is 0 Å². The van der Waals surface area contributed by atoms with Gasteiger partial charge in [-0.05, 0) is 30.4 Å². The number of allylic oxidation sites excluding steroid dienone is 3. The molecule has 3 heteroatoms. The number of unbranched alkanes of at least 4 members (excludes halogenated alkanes) is 7. The average Bonchev–Trinajstić information content (AvgIpc) is 2.41. The Hall–Kier alpha value is -0.830. The van der Waals surface area contributed by atoms with Crippen LogP contribution in [-0.4, -0.2) is 17.2 Å². The maximum absolute atomic E-state index is 7.59. The molecule has 2 nitrogen and oxygen atoms in total. The number of hydrogen-bond donors (Lipinski definition) is 2. The van der Waals surface area contributed by atoms with Crippen LogP contribution in [-0.2, 0) is 0 Å². The first-order chi connectivity index (χ1) is 9.24. The van der Waals surface area contributed by atoms with Gasteiger partial charge < -0.3 is 0 Å². The van der Waals surface area contributed by atoms with Gasteiger partial charge in [-0.25, -0.2) is 0 Å². The van der Waals surface area contributed by atoms with Gasteiger partial charge in [-0.3, -0.25) is 10.8 Å². The zero-order chi connectivity index (χ0) is 13.9. The summed E-state index contributed by atoms with van der Waals surface area (Å²) < 4.78 is 0. The van der Waals surface area contributed by atoms with Crippen LogP contribution in [0, 0.1) is 10.8 Å². The van der Waals surface area contributed by atoms with Crippen molar-refractivity contribution in [1.29, 1.82) is 10.8 Å². The summed E-state index contributed by atoms with van der Waals surface area (Å²) in [5.74, 6) is 1.13. The first-order valence-electron chi connectivity index (χ1n) is 7.44. The molecule has 0 aromatic rings. The highest BCUT2D eigenvalue weighted by Gasteiger charge is 2.06. The maximum Gasteiger partial charge on any atom is 0.0800 e. The first kappa shape index (κ1) is 16.2. The molecule has 0 saturated heterocycles. The van der Waals surface area contributed by atoms with Crippen molar-refractivity contribution in [3.63, 3.8) is 0 Å². The molecule has 2 N–H and O–H groups in total. The minimum atomic E-state index is 0.316. The van der Waals surface area contributed by atoms with E-state index in [2.05, 4.69) is 6.92 Å². The lowest BCUT2D eigenvalue weighted by Crippen LogP contribution is -2.09. The summed E-state index contributed by atoms with van der Waals surface area (Å²) in [6.45, 7) is 2.26. The largest absolute Gasteiger partial charge is 0.299 e. The summed E-state index contributed by atoms with van der Waals surface area (Å²) in [6, 6.07) is 0. The molecule has 19 heavy (non-hydrogen) atoms. The van der Waals surface area contributed by atoms with Gasteiger partial charge in [-0.15, -0.1) is 11.8 Å². The average molecular weight is 278 g/mol. The van der Waals surface area contributed by atoms with Gasteiger partial charge >= 0.3 is 0 Å². The smallest absolute Gasteiger partial charge is 0.0800 e. The number of thioether (sulfide) groups is 1. The summed E-state index contributed by atoms with van der Waals surface area (Å²) in [5.41, 5.74) is 0.650. The van der Waals surface area contributed by atoms with Crippen LogP contribution >= 0.6 is 11.8 Å². The van der Waals surface area contributed by atoms with E-state index in [0.29, 0.717) is 11.4 Å². The van der Waals surface area contributed by atoms with Gasteiger partial charge in [0.1, 0.15) is 0 Å². The van der Waals surface area contributed by atoms with Crippen molar-refractivity contribution < 1.29 is 0 Å². The fourth-order valence-electron chi connectivity index (χ4n) is 2.04. The van der Waals surface area contributed by atoms with Gasteiger partial charge in [0.25, 0.3) is 0 Å². The van der Waals surface area contributed by atoms with E-state index < -0.39 is 0 Å². The zero-order valence-corrected chi connectivity index (χ0v) is 12.8. The van der Waals surface area contributed by atoms with Crippen LogP contribution in [0.25, 0.3) is 0 Å². The van der Waals surface area contributed by atoms with E-state index >= 15 is 0 Å². The molecular formula is C16H26N2S. The minimum absolute atomic E-state index is 0.316. The Morgan fingerprint density at radius 2 is 1.47 bits per heavy atom. The third-order valence-corrected chi connectivity index (χ3v) is 4.34. The summed E-state index contributed by atoms with van der Waals surface area (Å²) in [7, 11) is 0. The molecule has 0 atom stereocenters. The van der Waals surface area contributed by atoms with E-state index in [9.17, 15) is 0 Å². The molecule has 0 heterocycles. The van der Waals surface area contributed by atoms with Crippen molar-refractivity contribution in [2.45, 2.75) is 58.3 Å². The summed E-state index contributed by atoms with van der Waals surface area (Å²) in [6.07, 6.45) is 16.3. The van der Waals surface area contributed by atoms with E-state index in [1.165, 1.54) is 51.4 Å². The Morgan fingerprint density at radius 3 is 2.11 bits per heavy atom. The first-order valence-corrected chi connectivity index (χ1v) is 8.42. The summed E-state index contributed by atoms with van der Waals surface area (Å²) >= 11 is 1.81. The van der Waals surface area contributed by atoms with Crippen molar-refractivity contribution in [2.75, 3.05) is 5.75 Å². The van der Waals surface area contributed by atoms with E-state index in [4.69, 9.17) is 10.8 Å². The normalized spacial score (nSPS) is 14.9. The standard InChI is InChI=1S/C16H26N2S/c1-2-3-4-5-6-7-8-9-12-19-14-10-11-15(17)16(18)13-14/h10-11,13,17-18H,2-9,12H2,1H3. The third kappa shape index (κ3) is 7.36. The number of hydrogen-bond acceptors (Lipinski definition) is 3. The molecule has 1 rings (SSSR count). The second-order valence-electron chi connectivity index (χ2n) is 5.03. The zero-order valence-electron chi connectivity index (χ0n) is 12.0. The third-order valence-electron chi connectivity index (χ3n) is 3.26. The fraction of sp³-hybridized carbons (Fsp3) is 0.625. The quantitative estimate of drug-likeness (QED) is 0.410. The molecule has 1 aliphatic carbocycles. The van der Waals surface area contributed by atoms with Gasteiger partial charge in [-0.1, -0.05) is 51.9 Å². The highest BCUT2D eigenvalue weighted by molar-refractivity contribution is 8.03. The van der Waals surface area contributed by atoms with Crippen LogP contribution in [0.15, 0.2) is 23.1 Å². The molecule has 0 aliphatic heterocycles. The van der Waals surface area contributed by atoms with Gasteiger partial charge in [0.15, 0.2) is 0 Å². The van der Waals surface area contributed by atoms with Crippen LogP contribution in [0.4, 0.5) is 0 Å². The van der Waals surface area contributed by atoms with Gasteiger partial charge in [-0.2, -0.15) is 0 Å². The van der Waals surface area contributed by atoms with Crippen molar-refractivity contribution in [2.24, 2.45) is 0 Å². The molecule has 0 saturated carbocycles. The lowest BCUT2D eigenvalue weighted by Gasteiger charge is -2.08. The van der Waals surface area contributed by atoms with Crippen molar-refractivity contribution in [1.82, 2.24) is 0 Å². The molecule has 1 aliphatic rings. The highest BCUT2D eigenvalue weighted by Crippen LogP contribution is 2.22. The van der Waals surface area contributed by atoms with Crippen molar-refractivity contribution in [3.05, 3.63) is 23.1 Å². The Labute approximate surface area is 121 Å². The minimum Gasteiger partial charge on any atom is -0.299 e. The monoisotopic (exact) mass is 278 g/mol. The van der Waals surface area contributed by atoms with Gasteiger partial charge in [0.05, 0.1) is 11.4 Å². The predicted octanol–water partition coefficient (Wildman–Crippen LogP) is 5.35. The highest BCUT2D eigenvalue weighted by atomic mass is 32.2. The van der Waals surface area contributed by atoms with E-state index in [-0.39, 0.29) is 0 Å². The summed E-state index contributed by atoms with van der Waals surface area (Å²) in [5, 5.41) is 15.0. The lowest BCUT2D eigenvalue weighted by molar-refractivity contribution is 0.586. The number of rotatable bonds is 10. The molecule has 0 bridgehead atoms. The molecule has 0 aromatic carbocycles. The van der Waals surface area contributed by atoms with E-state index in [1.54, 1.807) is 12.2 Å². The maximum atomic E-state index is 7.59. The van der Waals surface area contributed by atoms with Crippen molar-refractivity contribution >= 4 is 23.2 Å². The van der Waals surface area contributed by atoms with Crippen LogP contribution in [0.3, 0.4) is 0 Å². The van der Waals surface area contributed by atoms with Crippen LogP contribution in [0.1, 0.15) is 58.3 Å². The number of nitrogens with one attached hydrogen (secondary N) is 2. The lowest BCUT2D eigenvalue weighted by atomic mass is 10.1. The van der Waals surface area contributed by atoms with Crippen LogP contribution in [0.2, 0.25) is 0 Å². The predicted molar refractivity (Wildman–Crippen MR) is 87.7 cm³/mol. The van der Waals surface area contributed by atoms with Gasteiger partial charge in [0.2, 0.25) is 0 Å². The van der Waals surface area contributed by atoms with E-state index in [1.807, 2.05) is 17.8 Å². The molecule has 106 valence electrons. The molecule has 0 radical (unpaired) electrons. The Morgan fingerprint density at radius 1 is 0.842 bits per heavy atom. The Kier molecular flexibility index (Phi) is 8.55. The van der Waals surface area contributed by atoms with Crippen LogP contribution in [0.5, 0.6) is 0 Å². The second kappa shape index (κ2) is 10.0.